The van der Waals surface area contributed by atoms with Crippen LogP contribution in [0.3, 0.4) is 0 Å². The molecule has 0 radical (unpaired) electrons. The first-order chi connectivity index (χ1) is 13.0. The van der Waals surface area contributed by atoms with Crippen molar-refractivity contribution in [1.29, 1.82) is 0 Å². The minimum absolute atomic E-state index is 0.286. The summed E-state index contributed by atoms with van der Waals surface area (Å²) in [6, 6.07) is 3.58. The van der Waals surface area contributed by atoms with Crippen LogP contribution in [0.4, 0.5) is 5.82 Å². The topological polar surface area (TPSA) is 82.6 Å². The van der Waals surface area contributed by atoms with E-state index in [4.69, 9.17) is 14.2 Å². The highest BCUT2D eigenvalue weighted by atomic mass is 16.5. The summed E-state index contributed by atoms with van der Waals surface area (Å²) in [5, 5.41) is 3.39. The second-order valence-corrected chi connectivity index (χ2v) is 6.09. The van der Waals surface area contributed by atoms with Crippen LogP contribution in [0, 0.1) is 6.92 Å². The second kappa shape index (κ2) is 9.21. The Morgan fingerprint density at radius 2 is 1.63 bits per heavy atom. The number of hydrogen-bond donors (Lipinski definition) is 1. The molecule has 1 heterocycles. The summed E-state index contributed by atoms with van der Waals surface area (Å²) in [6.45, 7) is 6.10. The van der Waals surface area contributed by atoms with Gasteiger partial charge in [-0.25, -0.2) is 9.97 Å². The number of hydrogen-bond acceptors (Lipinski definition) is 7. The molecule has 0 saturated carbocycles. The van der Waals surface area contributed by atoms with Crippen LogP contribution >= 0.6 is 0 Å². The van der Waals surface area contributed by atoms with Gasteiger partial charge in [0.2, 0.25) is 0 Å². The summed E-state index contributed by atoms with van der Waals surface area (Å²) in [4.78, 5) is 20.5. The molecule has 2 rings (SSSR count). The normalized spacial score (nSPS) is 10.6. The molecule has 0 aliphatic rings. The SMILES string of the molecule is CCC(CC)Nc1nc(C)c(-c2c(OC)cc(C=O)cc2OC)nc1OC. The fourth-order valence-electron chi connectivity index (χ4n) is 2.90. The number of aromatic nitrogens is 2. The fraction of sp³-hybridized carbons (Fsp3) is 0.450. The first kappa shape index (κ1) is 20.5. The Hall–Kier alpha value is -2.83. The Kier molecular flexibility index (Phi) is 6.98. The van der Waals surface area contributed by atoms with Crippen molar-refractivity contribution in [1.82, 2.24) is 9.97 Å². The quantitative estimate of drug-likeness (QED) is 0.668. The molecule has 7 heteroatoms. The molecule has 7 nitrogen and oxygen atoms in total. The number of anilines is 1. The maximum Gasteiger partial charge on any atom is 0.257 e. The number of carbonyl (C=O) groups excluding carboxylic acids is 1. The van der Waals surface area contributed by atoms with Gasteiger partial charge in [0.1, 0.15) is 23.5 Å². The molecule has 0 amide bonds. The minimum atomic E-state index is 0.286. The molecule has 146 valence electrons. The number of ether oxygens (including phenoxy) is 3. The monoisotopic (exact) mass is 373 g/mol. The lowest BCUT2D eigenvalue weighted by atomic mass is 10.0. The zero-order valence-electron chi connectivity index (χ0n) is 16.8. The molecule has 0 aliphatic heterocycles. The number of aryl methyl sites for hydroxylation is 1. The lowest BCUT2D eigenvalue weighted by Crippen LogP contribution is -2.19. The van der Waals surface area contributed by atoms with Gasteiger partial charge < -0.3 is 19.5 Å². The number of methoxy groups -OCH3 is 3. The van der Waals surface area contributed by atoms with Crippen molar-refractivity contribution in [3.05, 3.63) is 23.4 Å². The Labute approximate surface area is 160 Å². The Bertz CT molecular complexity index is 779. The summed E-state index contributed by atoms with van der Waals surface area (Å²) in [5.41, 5.74) is 2.35. The van der Waals surface area contributed by atoms with Crippen LogP contribution in [-0.2, 0) is 0 Å². The molecule has 0 unspecified atom stereocenters. The largest absolute Gasteiger partial charge is 0.496 e. The number of carbonyl (C=O) groups is 1. The van der Waals surface area contributed by atoms with E-state index in [-0.39, 0.29) is 6.04 Å². The van der Waals surface area contributed by atoms with Crippen molar-refractivity contribution in [2.75, 3.05) is 26.6 Å². The molecule has 1 aromatic carbocycles. The van der Waals surface area contributed by atoms with Crippen molar-refractivity contribution < 1.29 is 19.0 Å². The van der Waals surface area contributed by atoms with E-state index in [2.05, 4.69) is 29.1 Å². The van der Waals surface area contributed by atoms with Gasteiger partial charge in [0.15, 0.2) is 5.82 Å². The van der Waals surface area contributed by atoms with E-state index in [1.807, 2.05) is 6.92 Å². The molecule has 1 N–H and O–H groups in total. The van der Waals surface area contributed by atoms with E-state index in [1.165, 1.54) is 14.2 Å². The van der Waals surface area contributed by atoms with E-state index < -0.39 is 0 Å². The Morgan fingerprint density at radius 3 is 2.07 bits per heavy atom. The molecule has 0 atom stereocenters. The maximum absolute atomic E-state index is 11.2. The highest BCUT2D eigenvalue weighted by Gasteiger charge is 2.22. The molecular formula is C20H27N3O4. The van der Waals surface area contributed by atoms with Gasteiger partial charge in [0, 0.05) is 11.6 Å². The lowest BCUT2D eigenvalue weighted by Gasteiger charge is -2.20. The molecule has 27 heavy (non-hydrogen) atoms. The summed E-state index contributed by atoms with van der Waals surface area (Å²) >= 11 is 0. The number of aldehydes is 1. The van der Waals surface area contributed by atoms with Crippen LogP contribution in [0.15, 0.2) is 12.1 Å². The zero-order valence-corrected chi connectivity index (χ0v) is 16.8. The van der Waals surface area contributed by atoms with Gasteiger partial charge in [-0.1, -0.05) is 13.8 Å². The van der Waals surface area contributed by atoms with Crippen LogP contribution in [0.25, 0.3) is 11.3 Å². The van der Waals surface area contributed by atoms with Gasteiger partial charge in [-0.3, -0.25) is 4.79 Å². The van der Waals surface area contributed by atoms with Gasteiger partial charge in [0.25, 0.3) is 5.88 Å². The van der Waals surface area contributed by atoms with E-state index >= 15 is 0 Å². The molecule has 0 spiro atoms. The predicted octanol–water partition coefficient (Wildman–Crippen LogP) is 3.89. The summed E-state index contributed by atoms with van der Waals surface area (Å²) in [7, 11) is 4.64. The minimum Gasteiger partial charge on any atom is -0.496 e. The molecule has 1 aromatic heterocycles. The number of nitrogens with zero attached hydrogens (tertiary/aromatic N) is 2. The molecular weight excluding hydrogens is 346 g/mol. The number of rotatable bonds is 9. The van der Waals surface area contributed by atoms with Crippen molar-refractivity contribution in [2.45, 2.75) is 39.7 Å². The third-order valence-corrected chi connectivity index (χ3v) is 4.46. The molecule has 0 aliphatic carbocycles. The van der Waals surface area contributed by atoms with Gasteiger partial charge in [-0.05, 0) is 31.9 Å². The van der Waals surface area contributed by atoms with Crippen LogP contribution in [0.1, 0.15) is 42.7 Å². The van der Waals surface area contributed by atoms with E-state index in [0.717, 1.165) is 19.1 Å². The van der Waals surface area contributed by atoms with Gasteiger partial charge in [-0.2, -0.15) is 0 Å². The molecule has 2 aromatic rings. The van der Waals surface area contributed by atoms with Crippen LogP contribution < -0.4 is 19.5 Å². The number of nitrogens with one attached hydrogen (secondary N) is 1. The second-order valence-electron chi connectivity index (χ2n) is 6.09. The Balaban J connectivity index is 2.64. The highest BCUT2D eigenvalue weighted by Crippen LogP contribution is 2.41. The number of benzene rings is 1. The predicted molar refractivity (Wildman–Crippen MR) is 105 cm³/mol. The Morgan fingerprint density at radius 1 is 1.04 bits per heavy atom. The lowest BCUT2D eigenvalue weighted by molar-refractivity contribution is 0.112. The van der Waals surface area contributed by atoms with E-state index in [0.29, 0.717) is 45.7 Å². The standard InChI is InChI=1S/C20H27N3O4/c1-7-14(8-2)22-19-20(27-6)23-18(12(3)21-19)17-15(25-4)9-13(11-24)10-16(17)26-5/h9-11,14H,7-8H2,1-6H3,(H,21,22). The van der Waals surface area contributed by atoms with Gasteiger partial charge in [-0.15, -0.1) is 0 Å². The van der Waals surface area contributed by atoms with Crippen molar-refractivity contribution in [3.63, 3.8) is 0 Å². The third kappa shape index (κ3) is 4.30. The van der Waals surface area contributed by atoms with Crippen LogP contribution in [-0.4, -0.2) is 43.6 Å². The van der Waals surface area contributed by atoms with E-state index in [1.54, 1.807) is 19.2 Å². The first-order valence-corrected chi connectivity index (χ1v) is 8.93. The highest BCUT2D eigenvalue weighted by molar-refractivity contribution is 5.84. The van der Waals surface area contributed by atoms with Crippen molar-refractivity contribution in [3.8, 4) is 28.6 Å². The molecule has 0 saturated heterocycles. The molecule has 0 bridgehead atoms. The van der Waals surface area contributed by atoms with Gasteiger partial charge in [0.05, 0.1) is 32.6 Å². The summed E-state index contributed by atoms with van der Waals surface area (Å²) in [6.07, 6.45) is 2.68. The fourth-order valence-corrected chi connectivity index (χ4v) is 2.90. The maximum atomic E-state index is 11.2. The molecule has 0 fully saturated rings. The summed E-state index contributed by atoms with van der Waals surface area (Å²) < 4.78 is 16.4. The van der Waals surface area contributed by atoms with E-state index in [9.17, 15) is 4.79 Å². The van der Waals surface area contributed by atoms with Crippen LogP contribution in [0.5, 0.6) is 17.4 Å². The first-order valence-electron chi connectivity index (χ1n) is 8.93. The van der Waals surface area contributed by atoms with Crippen molar-refractivity contribution in [2.24, 2.45) is 0 Å². The van der Waals surface area contributed by atoms with Crippen LogP contribution in [0.2, 0.25) is 0 Å². The smallest absolute Gasteiger partial charge is 0.257 e. The van der Waals surface area contributed by atoms with Crippen molar-refractivity contribution >= 4 is 12.1 Å². The van der Waals surface area contributed by atoms with Gasteiger partial charge >= 0.3 is 0 Å². The summed E-state index contributed by atoms with van der Waals surface area (Å²) in [5.74, 6) is 1.97. The third-order valence-electron chi connectivity index (χ3n) is 4.46. The zero-order chi connectivity index (χ0) is 20.0. The average Bonchev–Trinajstić information content (AvgIpc) is 2.71. The average molecular weight is 373 g/mol.